The summed E-state index contributed by atoms with van der Waals surface area (Å²) in [6.07, 6.45) is -2.46. The van der Waals surface area contributed by atoms with Crippen LogP contribution in [0.2, 0.25) is 0 Å². The number of amides is 1. The van der Waals surface area contributed by atoms with Gasteiger partial charge in [0.15, 0.2) is 0 Å². The lowest BCUT2D eigenvalue weighted by atomic mass is 10.1. The maximum atomic E-state index is 12.8. The van der Waals surface area contributed by atoms with E-state index >= 15 is 0 Å². The van der Waals surface area contributed by atoms with Crippen molar-refractivity contribution in [2.75, 3.05) is 37.0 Å². The summed E-state index contributed by atoms with van der Waals surface area (Å²) in [5.74, 6) is -0.475. The third kappa shape index (κ3) is 3.87. The molecule has 4 nitrogen and oxygen atoms in total. The van der Waals surface area contributed by atoms with Gasteiger partial charge in [0, 0.05) is 20.2 Å². The number of carbonyl (C=O) groups excluding carboxylic acids is 1. The zero-order valence-electron chi connectivity index (χ0n) is 11.7. The number of nitrogens with one attached hydrogen (secondary N) is 1. The smallest absolute Gasteiger partial charge is 0.375 e. The molecule has 1 aliphatic heterocycles. The van der Waals surface area contributed by atoms with Gasteiger partial charge in [-0.25, -0.2) is 0 Å². The normalized spacial score (nSPS) is 15.3. The van der Waals surface area contributed by atoms with Gasteiger partial charge in [-0.05, 0) is 31.0 Å². The number of nitrogens with zero attached hydrogens (tertiary/aromatic N) is 1. The van der Waals surface area contributed by atoms with E-state index in [1.165, 1.54) is 13.2 Å². The number of halogens is 3. The lowest BCUT2D eigenvalue weighted by Crippen LogP contribution is -2.23. The zero-order valence-corrected chi connectivity index (χ0v) is 11.7. The van der Waals surface area contributed by atoms with Crippen molar-refractivity contribution < 1.29 is 22.7 Å². The summed E-state index contributed by atoms with van der Waals surface area (Å²) in [7, 11) is 1.35. The first kappa shape index (κ1) is 15.6. The van der Waals surface area contributed by atoms with Crippen molar-refractivity contribution in [3.63, 3.8) is 0 Å². The fourth-order valence-corrected chi connectivity index (χ4v) is 2.36. The van der Waals surface area contributed by atoms with Gasteiger partial charge in [-0.3, -0.25) is 4.79 Å². The minimum Gasteiger partial charge on any atom is -0.375 e. The summed E-state index contributed by atoms with van der Waals surface area (Å²) in [4.78, 5) is 13.6. The lowest BCUT2D eigenvalue weighted by Gasteiger charge is -2.22. The number of carbonyl (C=O) groups is 1. The molecular weight excluding hydrogens is 285 g/mol. The maximum Gasteiger partial charge on any atom is 0.416 e. The Labute approximate surface area is 120 Å². The highest BCUT2D eigenvalue weighted by Gasteiger charge is 2.31. The van der Waals surface area contributed by atoms with E-state index in [-0.39, 0.29) is 12.3 Å². The molecule has 0 saturated carbocycles. The third-order valence-corrected chi connectivity index (χ3v) is 3.32. The van der Waals surface area contributed by atoms with E-state index in [1.54, 1.807) is 0 Å². The Morgan fingerprint density at radius 2 is 2.00 bits per heavy atom. The Morgan fingerprint density at radius 3 is 2.57 bits per heavy atom. The van der Waals surface area contributed by atoms with Gasteiger partial charge in [-0.15, -0.1) is 0 Å². The van der Waals surface area contributed by atoms with Gasteiger partial charge in [0.1, 0.15) is 6.61 Å². The first-order chi connectivity index (χ1) is 9.91. The quantitative estimate of drug-likeness (QED) is 0.930. The van der Waals surface area contributed by atoms with E-state index in [2.05, 4.69) is 5.32 Å². The van der Waals surface area contributed by atoms with Gasteiger partial charge in [0.05, 0.1) is 16.9 Å². The molecule has 1 aromatic rings. The van der Waals surface area contributed by atoms with Crippen LogP contribution >= 0.6 is 0 Å². The summed E-state index contributed by atoms with van der Waals surface area (Å²) in [6, 6.07) is 3.43. The van der Waals surface area contributed by atoms with Gasteiger partial charge >= 0.3 is 6.18 Å². The standard InChI is InChI=1S/C14H17F3N2O2/c1-21-9-13(20)18-11-8-10(14(15,16)17)4-5-12(11)19-6-2-3-7-19/h4-5,8H,2-3,6-7,9H2,1H3,(H,18,20). The molecule has 1 N–H and O–H groups in total. The number of hydrogen-bond donors (Lipinski definition) is 1. The highest BCUT2D eigenvalue weighted by Crippen LogP contribution is 2.36. The number of methoxy groups -OCH3 is 1. The van der Waals surface area contributed by atoms with Crippen molar-refractivity contribution >= 4 is 17.3 Å². The van der Waals surface area contributed by atoms with Gasteiger partial charge < -0.3 is 15.0 Å². The Bertz CT molecular complexity index is 511. The highest BCUT2D eigenvalue weighted by molar-refractivity contribution is 5.95. The maximum absolute atomic E-state index is 12.8. The number of ether oxygens (including phenoxy) is 1. The molecule has 2 rings (SSSR count). The summed E-state index contributed by atoms with van der Waals surface area (Å²) < 4.78 is 43.1. The summed E-state index contributed by atoms with van der Waals surface area (Å²) >= 11 is 0. The molecule has 116 valence electrons. The molecule has 0 bridgehead atoms. The summed E-state index contributed by atoms with van der Waals surface area (Å²) in [5, 5.41) is 2.50. The van der Waals surface area contributed by atoms with Crippen LogP contribution in [-0.2, 0) is 15.7 Å². The fraction of sp³-hybridized carbons (Fsp3) is 0.500. The monoisotopic (exact) mass is 302 g/mol. The van der Waals surface area contributed by atoms with Crippen molar-refractivity contribution in [1.29, 1.82) is 0 Å². The van der Waals surface area contributed by atoms with Gasteiger partial charge in [-0.1, -0.05) is 0 Å². The van der Waals surface area contributed by atoms with E-state index in [0.29, 0.717) is 5.69 Å². The first-order valence-corrected chi connectivity index (χ1v) is 6.67. The van der Waals surface area contributed by atoms with E-state index in [4.69, 9.17) is 4.74 Å². The lowest BCUT2D eigenvalue weighted by molar-refractivity contribution is -0.137. The topological polar surface area (TPSA) is 41.6 Å². The van der Waals surface area contributed by atoms with E-state index in [1.807, 2.05) is 4.90 Å². The average Bonchev–Trinajstić information content (AvgIpc) is 2.91. The number of hydrogen-bond acceptors (Lipinski definition) is 3. The van der Waals surface area contributed by atoms with Crippen LogP contribution in [0.5, 0.6) is 0 Å². The van der Waals surface area contributed by atoms with Crippen LogP contribution in [0.1, 0.15) is 18.4 Å². The van der Waals surface area contributed by atoms with E-state index < -0.39 is 17.6 Å². The number of alkyl halides is 3. The minimum atomic E-state index is -4.44. The molecule has 21 heavy (non-hydrogen) atoms. The average molecular weight is 302 g/mol. The van der Waals surface area contributed by atoms with E-state index in [0.717, 1.165) is 38.1 Å². The molecular formula is C14H17F3N2O2. The molecule has 1 heterocycles. The minimum absolute atomic E-state index is 0.175. The molecule has 0 aromatic heterocycles. The molecule has 0 unspecified atom stereocenters. The molecule has 1 amide bonds. The molecule has 1 saturated heterocycles. The molecule has 7 heteroatoms. The second-order valence-electron chi connectivity index (χ2n) is 4.91. The molecule has 1 aromatic carbocycles. The fourth-order valence-electron chi connectivity index (χ4n) is 2.36. The largest absolute Gasteiger partial charge is 0.416 e. The number of anilines is 2. The van der Waals surface area contributed by atoms with E-state index in [9.17, 15) is 18.0 Å². The van der Waals surface area contributed by atoms with Crippen LogP contribution in [-0.4, -0.2) is 32.7 Å². The molecule has 0 atom stereocenters. The summed E-state index contributed by atoms with van der Waals surface area (Å²) in [5.41, 5.74) is 0.0110. The Morgan fingerprint density at radius 1 is 1.33 bits per heavy atom. The highest BCUT2D eigenvalue weighted by atomic mass is 19.4. The van der Waals surface area contributed by atoms with Crippen LogP contribution in [0.3, 0.4) is 0 Å². The second-order valence-corrected chi connectivity index (χ2v) is 4.91. The van der Waals surface area contributed by atoms with Crippen molar-refractivity contribution in [2.24, 2.45) is 0 Å². The molecule has 0 radical (unpaired) electrons. The van der Waals surface area contributed by atoms with Gasteiger partial charge in [0.2, 0.25) is 5.91 Å². The summed E-state index contributed by atoms with van der Waals surface area (Å²) in [6.45, 7) is 1.35. The van der Waals surface area contributed by atoms with Gasteiger partial charge in [-0.2, -0.15) is 13.2 Å². The zero-order chi connectivity index (χ0) is 15.5. The van der Waals surface area contributed by atoms with Crippen molar-refractivity contribution in [3.05, 3.63) is 23.8 Å². The molecule has 0 spiro atoms. The first-order valence-electron chi connectivity index (χ1n) is 6.67. The molecule has 1 fully saturated rings. The van der Waals surface area contributed by atoms with Crippen LogP contribution in [0.4, 0.5) is 24.5 Å². The second kappa shape index (κ2) is 6.34. The van der Waals surface area contributed by atoms with Crippen molar-refractivity contribution in [3.8, 4) is 0 Å². The predicted molar refractivity (Wildman–Crippen MR) is 73.4 cm³/mol. The van der Waals surface area contributed by atoms with Crippen molar-refractivity contribution in [2.45, 2.75) is 19.0 Å². The molecule has 0 aliphatic carbocycles. The predicted octanol–water partition coefficient (Wildman–Crippen LogP) is 2.89. The number of rotatable bonds is 4. The van der Waals surface area contributed by atoms with Crippen LogP contribution in [0.15, 0.2) is 18.2 Å². The van der Waals surface area contributed by atoms with Crippen LogP contribution < -0.4 is 10.2 Å². The number of benzene rings is 1. The van der Waals surface area contributed by atoms with Crippen LogP contribution in [0.25, 0.3) is 0 Å². The Balaban J connectivity index is 2.32. The SMILES string of the molecule is COCC(=O)Nc1cc(C(F)(F)F)ccc1N1CCCC1. The Hall–Kier alpha value is -1.76. The Kier molecular flexibility index (Phi) is 4.72. The van der Waals surface area contributed by atoms with Gasteiger partial charge in [0.25, 0.3) is 0 Å². The van der Waals surface area contributed by atoms with Crippen molar-refractivity contribution in [1.82, 2.24) is 0 Å². The van der Waals surface area contributed by atoms with Crippen LogP contribution in [0, 0.1) is 0 Å². The third-order valence-electron chi connectivity index (χ3n) is 3.32. The molecule has 1 aliphatic rings.